The van der Waals surface area contributed by atoms with Gasteiger partial charge in [0.15, 0.2) is 0 Å². The van der Waals surface area contributed by atoms with Gasteiger partial charge in [0.1, 0.15) is 0 Å². The van der Waals surface area contributed by atoms with Gasteiger partial charge < -0.3 is 0 Å². The van der Waals surface area contributed by atoms with Gasteiger partial charge in [-0.1, -0.05) is 0 Å². The Bertz CT molecular complexity index is 124. The second-order valence-corrected chi connectivity index (χ2v) is 1.45. The summed E-state index contributed by atoms with van der Waals surface area (Å²) in [7, 11) is 0.452. The van der Waals surface area contributed by atoms with Gasteiger partial charge in [-0.2, -0.15) is 0 Å². The van der Waals surface area contributed by atoms with Crippen LogP contribution in [0.5, 0.6) is 0 Å². The van der Waals surface area contributed by atoms with Crippen LogP contribution < -0.4 is 5.69 Å². The summed E-state index contributed by atoms with van der Waals surface area (Å²) in [6.07, 6.45) is 0. The van der Waals surface area contributed by atoms with E-state index in [1.54, 1.807) is 0 Å². The van der Waals surface area contributed by atoms with Gasteiger partial charge in [-0.25, -0.2) is 4.79 Å². The topological polar surface area (TPSA) is 48.6 Å². The fourth-order valence-electron chi connectivity index (χ4n) is 0.114. The van der Waals surface area contributed by atoms with Crippen molar-refractivity contribution in [1.82, 2.24) is 9.49 Å². The highest BCUT2D eigenvalue weighted by Gasteiger charge is 1.70. The number of hydrogen-bond donors (Lipinski definition) is 2. The minimum absolute atomic E-state index is 0.0525. The van der Waals surface area contributed by atoms with E-state index in [9.17, 15) is 4.79 Å². The predicted octanol–water partition coefficient (Wildman–Crippen LogP) is -0.266. The number of aromatic nitrogens is 2. The van der Waals surface area contributed by atoms with Gasteiger partial charge in [0.2, 0.25) is 0 Å². The van der Waals surface area contributed by atoms with Gasteiger partial charge in [0, 0.05) is 8.51 Å². The predicted molar refractivity (Wildman–Crippen MR) is 20.9 cm³/mol. The van der Waals surface area contributed by atoms with Gasteiger partial charge in [0.05, 0.1) is 0 Å². The molecule has 2 N–H and O–H groups in total. The van der Waals surface area contributed by atoms with E-state index in [1.807, 2.05) is 0 Å². The average Bonchev–Trinajstić information content (AvgIpc) is 1.30. The highest BCUT2D eigenvalue weighted by atomic mass is 31.1. The zero-order valence-electron chi connectivity index (χ0n) is 2.41. The second-order valence-electron chi connectivity index (χ2n) is 0.704. The molecule has 0 aliphatic rings. The van der Waals surface area contributed by atoms with Crippen molar-refractivity contribution in [2.24, 2.45) is 0 Å². The van der Waals surface area contributed by atoms with Crippen LogP contribution in [0.3, 0.4) is 0 Å². The second kappa shape index (κ2) is 0.760. The monoisotopic (exact) mass is 90.0 g/mol. The molecular weight excluding hydrogens is 87.0 g/mol. The first-order valence-corrected chi connectivity index (χ1v) is 2.20. The highest BCUT2D eigenvalue weighted by Crippen LogP contribution is 1.76. The van der Waals surface area contributed by atoms with E-state index in [0.29, 0.717) is 8.51 Å². The molecule has 4 heteroatoms. The standard InChI is InChI=1S/CH3N2OP/c4-1-2-5-3-1/h5H,(H2,2,3,4). The smallest absolute Gasteiger partial charge is 0.287 e. The molecule has 1 heterocycles. The number of rotatable bonds is 0. The average molecular weight is 90.0 g/mol. The van der Waals surface area contributed by atoms with Gasteiger partial charge in [-0.3, -0.25) is 9.49 Å². The first-order valence-electron chi connectivity index (χ1n) is 1.20. The summed E-state index contributed by atoms with van der Waals surface area (Å²) < 4.78 is 4.97. The Labute approximate surface area is 29.6 Å². The van der Waals surface area contributed by atoms with Crippen LogP contribution in [0.25, 0.3) is 0 Å². The van der Waals surface area contributed by atoms with E-state index < -0.39 is 0 Å². The molecule has 0 bridgehead atoms. The summed E-state index contributed by atoms with van der Waals surface area (Å²) >= 11 is 0. The summed E-state index contributed by atoms with van der Waals surface area (Å²) in [5.74, 6) is 0. The van der Waals surface area contributed by atoms with Crippen molar-refractivity contribution in [2.45, 2.75) is 0 Å². The molecule has 1 aromatic rings. The Balaban J connectivity index is 3.29. The van der Waals surface area contributed by atoms with Crippen LogP contribution >= 0.6 is 8.51 Å². The molecule has 3 nitrogen and oxygen atoms in total. The third kappa shape index (κ3) is 0.284. The third-order valence-corrected chi connectivity index (χ3v) is 1.06. The van der Waals surface area contributed by atoms with Crippen molar-refractivity contribution in [3.05, 3.63) is 10.5 Å². The van der Waals surface area contributed by atoms with Crippen LogP contribution in [0, 0.1) is 0 Å². The van der Waals surface area contributed by atoms with Crippen molar-refractivity contribution in [2.75, 3.05) is 0 Å². The summed E-state index contributed by atoms with van der Waals surface area (Å²) in [5, 5.41) is 0. The van der Waals surface area contributed by atoms with Crippen LogP contribution in [0.4, 0.5) is 0 Å². The fourth-order valence-corrected chi connectivity index (χ4v) is 0.341. The van der Waals surface area contributed by atoms with Crippen LogP contribution in [0.1, 0.15) is 0 Å². The quantitative estimate of drug-likeness (QED) is 0.452. The van der Waals surface area contributed by atoms with Crippen LogP contribution in [0.15, 0.2) is 4.79 Å². The highest BCUT2D eigenvalue weighted by molar-refractivity contribution is 7.21. The van der Waals surface area contributed by atoms with Crippen molar-refractivity contribution in [3.8, 4) is 0 Å². The fraction of sp³-hybridized carbons (Fsp3) is 0. The normalized spacial score (nSPS) is 8.80. The van der Waals surface area contributed by atoms with Crippen molar-refractivity contribution >= 4 is 8.51 Å². The first kappa shape index (κ1) is 2.79. The van der Waals surface area contributed by atoms with E-state index in [2.05, 4.69) is 9.49 Å². The van der Waals surface area contributed by atoms with Gasteiger partial charge in [-0.15, -0.1) is 0 Å². The molecule has 0 saturated carbocycles. The van der Waals surface area contributed by atoms with E-state index >= 15 is 0 Å². The SMILES string of the molecule is O=c1[nH][pH][nH]1. The van der Waals surface area contributed by atoms with Crippen molar-refractivity contribution in [3.63, 3.8) is 0 Å². The number of hydrogen-bond acceptors (Lipinski definition) is 1. The molecule has 0 saturated heterocycles. The summed E-state index contributed by atoms with van der Waals surface area (Å²) in [5.41, 5.74) is -0.0525. The van der Waals surface area contributed by atoms with Gasteiger partial charge in [-0.05, 0) is 0 Å². The van der Waals surface area contributed by atoms with E-state index in [4.69, 9.17) is 0 Å². The molecular formula is CH3N2OP. The lowest BCUT2D eigenvalue weighted by Gasteiger charge is -1.78. The largest absolute Gasteiger partial charge is 0.330 e. The van der Waals surface area contributed by atoms with Gasteiger partial charge in [0.25, 0.3) is 0 Å². The molecule has 0 radical (unpaired) electrons. The molecule has 5 heavy (non-hydrogen) atoms. The molecule has 0 atom stereocenters. The molecule has 28 valence electrons. The Kier molecular flexibility index (Phi) is 0.424. The van der Waals surface area contributed by atoms with Crippen molar-refractivity contribution < 1.29 is 0 Å². The lowest BCUT2D eigenvalue weighted by molar-refractivity contribution is 1.18. The number of nitrogens with one attached hydrogen (secondary N) is 2. The van der Waals surface area contributed by atoms with E-state index in [1.165, 1.54) is 0 Å². The van der Waals surface area contributed by atoms with Crippen LogP contribution in [-0.4, -0.2) is 9.49 Å². The maximum absolute atomic E-state index is 9.68. The lowest BCUT2D eigenvalue weighted by atomic mass is 11.4. The summed E-state index contributed by atoms with van der Waals surface area (Å²) in [4.78, 5) is 9.68. The Morgan fingerprint density at radius 3 is 2.00 bits per heavy atom. The molecule has 1 rings (SSSR count). The summed E-state index contributed by atoms with van der Waals surface area (Å²) in [6.45, 7) is 0. The third-order valence-electron chi connectivity index (χ3n) is 0.352. The summed E-state index contributed by atoms with van der Waals surface area (Å²) in [6, 6.07) is 0. The minimum Gasteiger partial charge on any atom is -0.287 e. The van der Waals surface area contributed by atoms with E-state index in [-0.39, 0.29) is 5.69 Å². The Hall–Kier alpha value is -0.430. The minimum atomic E-state index is -0.0525. The molecule has 0 spiro atoms. The Morgan fingerprint density at radius 1 is 1.60 bits per heavy atom. The molecule has 0 amide bonds. The zero-order chi connectivity index (χ0) is 3.70. The molecule has 0 fully saturated rings. The molecule has 0 aliphatic heterocycles. The van der Waals surface area contributed by atoms with Crippen molar-refractivity contribution in [1.29, 1.82) is 0 Å². The molecule has 1 aromatic heterocycles. The van der Waals surface area contributed by atoms with Gasteiger partial charge >= 0.3 is 5.69 Å². The zero-order valence-corrected chi connectivity index (χ0v) is 3.41. The molecule has 0 aromatic carbocycles. The molecule has 0 aliphatic carbocycles. The number of H-pyrrole nitrogens is 2. The maximum atomic E-state index is 9.68. The van der Waals surface area contributed by atoms with Crippen LogP contribution in [-0.2, 0) is 0 Å². The lowest BCUT2D eigenvalue weighted by Crippen LogP contribution is -2.07. The first-order chi connectivity index (χ1) is 2.39. The maximum Gasteiger partial charge on any atom is 0.330 e. The number of aromatic amines is 2. The molecule has 0 unspecified atom stereocenters. The van der Waals surface area contributed by atoms with Crippen LogP contribution in [0.2, 0.25) is 0 Å². The van der Waals surface area contributed by atoms with E-state index in [0.717, 1.165) is 0 Å². The Morgan fingerprint density at radius 2 is 2.00 bits per heavy atom.